The number of aliphatic hydroxyl groups excluding tert-OH is 1. The summed E-state index contributed by atoms with van der Waals surface area (Å²) in [7, 11) is 1.57. The van der Waals surface area contributed by atoms with Crippen molar-refractivity contribution in [3.63, 3.8) is 0 Å². The number of carbonyl (C=O) groups is 4. The van der Waals surface area contributed by atoms with Gasteiger partial charge in [0, 0.05) is 47.9 Å². The summed E-state index contributed by atoms with van der Waals surface area (Å²) in [6.45, 7) is 13.0. The summed E-state index contributed by atoms with van der Waals surface area (Å²) < 4.78 is 13.7. The molecule has 1 aliphatic carbocycles. The molecule has 1 saturated heterocycles. The van der Waals surface area contributed by atoms with Crippen LogP contribution in [0.1, 0.15) is 80.6 Å². The molecule has 5 atom stereocenters. The molecule has 1 unspecified atom stereocenters. The van der Waals surface area contributed by atoms with Gasteiger partial charge >= 0.3 is 6.03 Å². The molecule has 0 radical (unpaired) electrons. The first-order valence-corrected chi connectivity index (χ1v) is 18.3. The lowest BCUT2D eigenvalue weighted by molar-refractivity contribution is -0.143. The van der Waals surface area contributed by atoms with Crippen LogP contribution in [0.2, 0.25) is 0 Å². The van der Waals surface area contributed by atoms with Crippen LogP contribution in [0, 0.1) is 5.41 Å². The molecule has 15 heteroatoms. The number of nitrogens with one attached hydrogen (secondary N) is 4. The smallest absolute Gasteiger partial charge is 0.315 e. The van der Waals surface area contributed by atoms with Crippen LogP contribution in [-0.2, 0) is 14.4 Å². The van der Waals surface area contributed by atoms with Gasteiger partial charge in [0.1, 0.15) is 29.7 Å². The number of aromatic nitrogens is 3. The van der Waals surface area contributed by atoms with E-state index in [0.717, 1.165) is 12.8 Å². The third-order valence-corrected chi connectivity index (χ3v) is 9.22. The lowest BCUT2D eigenvalue weighted by Gasteiger charge is -2.36. The van der Waals surface area contributed by atoms with E-state index in [-0.39, 0.29) is 19.0 Å². The van der Waals surface area contributed by atoms with Crippen molar-refractivity contribution >= 4 is 34.7 Å². The zero-order valence-corrected chi connectivity index (χ0v) is 31.9. The highest BCUT2D eigenvalue weighted by Gasteiger charge is 2.47. The van der Waals surface area contributed by atoms with Crippen molar-refractivity contribution < 1.29 is 33.8 Å². The van der Waals surface area contributed by atoms with E-state index < -0.39 is 65.0 Å². The fraction of sp³-hybridized carbons (Fsp3) is 0.579. The molecule has 0 bridgehead atoms. The number of methoxy groups -OCH3 is 1. The topological polar surface area (TPSA) is 189 Å². The Morgan fingerprint density at radius 1 is 1.06 bits per heavy atom. The summed E-state index contributed by atoms with van der Waals surface area (Å²) in [6, 6.07) is 5.54. The van der Waals surface area contributed by atoms with Crippen molar-refractivity contribution in [3.8, 4) is 17.3 Å². The Morgan fingerprint density at radius 3 is 2.40 bits per heavy atom. The number of urea groups is 1. The number of pyridine rings is 1. The highest BCUT2D eigenvalue weighted by Crippen LogP contribution is 2.34. The number of carbonyl (C=O) groups excluding carboxylic acids is 4. The minimum absolute atomic E-state index is 0.0201. The molecule has 5 N–H and O–H groups in total. The lowest BCUT2D eigenvalue weighted by atomic mass is 9.85. The normalized spacial score (nSPS) is 19.2. The summed E-state index contributed by atoms with van der Waals surface area (Å²) in [5, 5.41) is 27.4. The van der Waals surface area contributed by atoms with Crippen LogP contribution >= 0.6 is 0 Å². The first-order chi connectivity index (χ1) is 25.0. The Hall–Kier alpha value is -4.92. The van der Waals surface area contributed by atoms with Crippen molar-refractivity contribution in [1.29, 1.82) is 0 Å². The SMILES string of the molecule is CCC[C@H](NC(=O)[C@@H]1C[C@@H](Oc2cc(-n3cccn3)nc3cc(OC)ccc23)CN1C(=O)C(NC(=O)NC(C)(C)C)C(C)(C)C)[C@H](O)C(=O)NC1CC1. The maximum absolute atomic E-state index is 14.6. The molecule has 3 aromatic rings. The number of hydrogen-bond donors (Lipinski definition) is 5. The van der Waals surface area contributed by atoms with Crippen LogP contribution in [0.25, 0.3) is 16.7 Å². The number of rotatable bonds is 13. The summed E-state index contributed by atoms with van der Waals surface area (Å²) in [5.41, 5.74) is -0.708. The number of benzene rings is 1. The van der Waals surface area contributed by atoms with Crippen molar-refractivity contribution in [2.24, 2.45) is 5.41 Å². The van der Waals surface area contributed by atoms with Gasteiger partial charge in [-0.2, -0.15) is 5.10 Å². The zero-order valence-electron chi connectivity index (χ0n) is 31.9. The predicted octanol–water partition coefficient (Wildman–Crippen LogP) is 3.21. The number of aliphatic hydroxyl groups is 1. The summed E-state index contributed by atoms with van der Waals surface area (Å²) in [4.78, 5) is 61.0. The number of ether oxygens (including phenoxy) is 2. The highest BCUT2D eigenvalue weighted by atomic mass is 16.5. The minimum Gasteiger partial charge on any atom is -0.497 e. The van der Waals surface area contributed by atoms with E-state index >= 15 is 0 Å². The van der Waals surface area contributed by atoms with Crippen molar-refractivity contribution in [2.45, 2.75) is 122 Å². The second-order valence-corrected chi connectivity index (χ2v) is 16.1. The number of likely N-dealkylation sites (tertiary alicyclic amines) is 1. The molecule has 5 rings (SSSR count). The molecule has 5 amide bonds. The number of fused-ring (bicyclic) bond motifs is 1. The quantitative estimate of drug-likeness (QED) is 0.176. The Labute approximate surface area is 310 Å². The zero-order chi connectivity index (χ0) is 38.7. The van der Waals surface area contributed by atoms with Crippen molar-refractivity contribution in [1.82, 2.24) is 40.9 Å². The molecule has 288 valence electrons. The van der Waals surface area contributed by atoms with Gasteiger partial charge in [-0.15, -0.1) is 0 Å². The van der Waals surface area contributed by atoms with Crippen LogP contribution < -0.4 is 30.7 Å². The minimum atomic E-state index is -1.47. The molecular weight excluding hydrogens is 680 g/mol. The van der Waals surface area contributed by atoms with Gasteiger partial charge in [0.25, 0.3) is 5.91 Å². The molecular formula is C38H54N8O7. The Balaban J connectivity index is 1.48. The fourth-order valence-corrected chi connectivity index (χ4v) is 6.38. The highest BCUT2D eigenvalue weighted by molar-refractivity contribution is 5.94. The van der Waals surface area contributed by atoms with Gasteiger partial charge in [-0.1, -0.05) is 34.1 Å². The number of amides is 5. The fourth-order valence-electron chi connectivity index (χ4n) is 6.38. The molecule has 2 aromatic heterocycles. The monoisotopic (exact) mass is 734 g/mol. The van der Waals surface area contributed by atoms with E-state index in [2.05, 4.69) is 26.4 Å². The van der Waals surface area contributed by atoms with E-state index in [9.17, 15) is 24.3 Å². The summed E-state index contributed by atoms with van der Waals surface area (Å²) in [5.74, 6) is 0.0287. The molecule has 1 aliphatic heterocycles. The van der Waals surface area contributed by atoms with Gasteiger partial charge < -0.3 is 40.7 Å². The summed E-state index contributed by atoms with van der Waals surface area (Å²) >= 11 is 0. The van der Waals surface area contributed by atoms with Crippen LogP contribution in [0.15, 0.2) is 42.7 Å². The van der Waals surface area contributed by atoms with Gasteiger partial charge in [0.2, 0.25) is 11.8 Å². The maximum atomic E-state index is 14.6. The molecule has 2 aliphatic rings. The molecule has 53 heavy (non-hydrogen) atoms. The molecule has 1 aromatic carbocycles. The Bertz CT molecular complexity index is 1780. The third-order valence-electron chi connectivity index (χ3n) is 9.22. The standard InChI is InChI=1S/C38H54N8O7/c1-9-11-26(31(47)34(49)40-22-12-13-22)42-33(48)28-19-24(21-45(28)35(50)32(37(2,3)4)43-36(51)44-38(5,6)7)53-29-20-30(46-17-10-16-39-46)41-27-18-23(52-8)14-15-25(27)29/h10,14-18,20,22,24,26,28,31-32,47H,9,11-13,19,21H2,1-8H3,(H,40,49)(H,42,48)(H2,43,44,51)/t24-,26+,28+,31+,32?/m1/s1. The number of hydrogen-bond acceptors (Lipinski definition) is 9. The van der Waals surface area contributed by atoms with Gasteiger partial charge in [-0.3, -0.25) is 14.4 Å². The van der Waals surface area contributed by atoms with Crippen LogP contribution in [-0.4, -0.2) is 104 Å². The molecule has 1 saturated carbocycles. The Morgan fingerprint density at radius 2 is 1.79 bits per heavy atom. The maximum Gasteiger partial charge on any atom is 0.315 e. The lowest BCUT2D eigenvalue weighted by Crippen LogP contribution is -2.61. The predicted molar refractivity (Wildman–Crippen MR) is 199 cm³/mol. The largest absolute Gasteiger partial charge is 0.497 e. The van der Waals surface area contributed by atoms with Crippen molar-refractivity contribution in [3.05, 3.63) is 42.7 Å². The van der Waals surface area contributed by atoms with Gasteiger partial charge in [0.05, 0.1) is 25.2 Å². The average molecular weight is 735 g/mol. The number of nitrogens with zero attached hydrogens (tertiary/aromatic N) is 4. The van der Waals surface area contributed by atoms with E-state index in [1.165, 1.54) is 4.90 Å². The first kappa shape index (κ1) is 39.3. The van der Waals surface area contributed by atoms with E-state index in [1.807, 2.05) is 54.5 Å². The second-order valence-electron chi connectivity index (χ2n) is 16.1. The molecule has 2 fully saturated rings. The second kappa shape index (κ2) is 16.0. The van der Waals surface area contributed by atoms with Crippen LogP contribution in [0.4, 0.5) is 4.79 Å². The first-order valence-electron chi connectivity index (χ1n) is 18.3. The van der Waals surface area contributed by atoms with Crippen LogP contribution in [0.3, 0.4) is 0 Å². The van der Waals surface area contributed by atoms with E-state index in [1.54, 1.807) is 48.5 Å². The van der Waals surface area contributed by atoms with E-state index in [4.69, 9.17) is 14.5 Å². The average Bonchev–Trinajstić information content (AvgIpc) is 3.53. The van der Waals surface area contributed by atoms with Gasteiger partial charge in [-0.25, -0.2) is 14.5 Å². The summed E-state index contributed by atoms with van der Waals surface area (Å²) in [6.07, 6.45) is 4.00. The van der Waals surface area contributed by atoms with E-state index in [0.29, 0.717) is 41.1 Å². The van der Waals surface area contributed by atoms with Crippen molar-refractivity contribution in [2.75, 3.05) is 13.7 Å². The third kappa shape index (κ3) is 9.95. The molecule has 15 nitrogen and oxygen atoms in total. The van der Waals surface area contributed by atoms with Crippen LogP contribution in [0.5, 0.6) is 11.5 Å². The molecule has 0 spiro atoms. The van der Waals surface area contributed by atoms with Gasteiger partial charge in [-0.05, 0) is 63.6 Å². The van der Waals surface area contributed by atoms with Gasteiger partial charge in [0.15, 0.2) is 11.9 Å². The molecule has 3 heterocycles. The Kier molecular flexibility index (Phi) is 11.9.